The fourth-order valence-electron chi connectivity index (χ4n) is 2.51. The lowest BCUT2D eigenvalue weighted by Gasteiger charge is -2.20. The molecule has 2 rings (SSSR count). The second-order valence-electron chi connectivity index (χ2n) is 5.50. The van der Waals surface area contributed by atoms with E-state index in [0.29, 0.717) is 24.5 Å². The third kappa shape index (κ3) is 3.58. The summed E-state index contributed by atoms with van der Waals surface area (Å²) in [6.45, 7) is 7.10. The van der Waals surface area contributed by atoms with Crippen LogP contribution in [0.15, 0.2) is 24.3 Å². The van der Waals surface area contributed by atoms with E-state index in [1.54, 1.807) is 24.0 Å². The van der Waals surface area contributed by atoms with Crippen molar-refractivity contribution in [3.8, 4) is 5.69 Å². The Morgan fingerprint density at radius 2 is 1.96 bits per heavy atom. The molecule has 128 valence electrons. The van der Waals surface area contributed by atoms with Gasteiger partial charge in [-0.2, -0.15) is 0 Å². The summed E-state index contributed by atoms with van der Waals surface area (Å²) in [7, 11) is 0. The van der Waals surface area contributed by atoms with Gasteiger partial charge in [0.25, 0.3) is 11.6 Å². The van der Waals surface area contributed by atoms with E-state index in [1.165, 1.54) is 16.8 Å². The Balaban J connectivity index is 2.35. The predicted molar refractivity (Wildman–Crippen MR) is 89.2 cm³/mol. The van der Waals surface area contributed by atoms with Crippen LogP contribution in [0, 0.1) is 17.0 Å². The van der Waals surface area contributed by atoms with Crippen molar-refractivity contribution in [1.82, 2.24) is 19.9 Å². The SMILES string of the molecule is CCCN(CCC)C(=O)c1nnn(-c2cccc([N+](=O)[O-])c2)c1C. The Morgan fingerprint density at radius 3 is 2.54 bits per heavy atom. The highest BCUT2D eigenvalue weighted by molar-refractivity contribution is 5.93. The first kappa shape index (κ1) is 17.6. The van der Waals surface area contributed by atoms with Gasteiger partial charge in [-0.1, -0.05) is 25.1 Å². The van der Waals surface area contributed by atoms with E-state index in [9.17, 15) is 14.9 Å². The number of nitrogens with zero attached hydrogens (tertiary/aromatic N) is 5. The Labute approximate surface area is 140 Å². The van der Waals surface area contributed by atoms with Crippen molar-refractivity contribution in [3.05, 3.63) is 45.8 Å². The molecule has 0 aliphatic rings. The minimum atomic E-state index is -0.466. The largest absolute Gasteiger partial charge is 0.337 e. The van der Waals surface area contributed by atoms with Gasteiger partial charge in [0.1, 0.15) is 0 Å². The molecule has 0 saturated heterocycles. The fraction of sp³-hybridized carbons (Fsp3) is 0.438. The van der Waals surface area contributed by atoms with Crippen LogP contribution >= 0.6 is 0 Å². The zero-order chi connectivity index (χ0) is 17.7. The Bertz CT molecular complexity index is 735. The minimum Gasteiger partial charge on any atom is -0.337 e. The van der Waals surface area contributed by atoms with Crippen LogP contribution in [0.25, 0.3) is 5.69 Å². The molecule has 0 N–H and O–H groups in total. The lowest BCUT2D eigenvalue weighted by atomic mass is 10.2. The first-order valence-electron chi connectivity index (χ1n) is 7.96. The van der Waals surface area contributed by atoms with Gasteiger partial charge in [-0.25, -0.2) is 4.68 Å². The summed E-state index contributed by atoms with van der Waals surface area (Å²) in [5, 5.41) is 18.9. The standard InChI is InChI=1S/C16H21N5O3/c1-4-9-19(10-5-2)16(22)15-12(3)20(18-17-15)13-7-6-8-14(11-13)21(23)24/h6-8,11H,4-5,9-10H2,1-3H3. The quantitative estimate of drug-likeness (QED) is 0.574. The van der Waals surface area contributed by atoms with Crippen molar-refractivity contribution in [3.63, 3.8) is 0 Å². The first-order valence-corrected chi connectivity index (χ1v) is 7.96. The van der Waals surface area contributed by atoms with E-state index in [0.717, 1.165) is 12.8 Å². The summed E-state index contributed by atoms with van der Waals surface area (Å²) in [6, 6.07) is 6.09. The molecule has 2 aromatic rings. The van der Waals surface area contributed by atoms with Gasteiger partial charge in [-0.05, 0) is 25.8 Å². The molecule has 0 unspecified atom stereocenters. The van der Waals surface area contributed by atoms with Crippen LogP contribution in [0.2, 0.25) is 0 Å². The molecule has 0 spiro atoms. The van der Waals surface area contributed by atoms with Crippen LogP contribution in [0.5, 0.6) is 0 Å². The van der Waals surface area contributed by atoms with Gasteiger partial charge in [0.05, 0.1) is 16.3 Å². The molecule has 0 aliphatic carbocycles. The molecule has 8 heteroatoms. The van der Waals surface area contributed by atoms with Crippen LogP contribution in [0.1, 0.15) is 42.9 Å². The van der Waals surface area contributed by atoms with Gasteiger partial charge >= 0.3 is 0 Å². The highest BCUT2D eigenvalue weighted by Crippen LogP contribution is 2.19. The van der Waals surface area contributed by atoms with Gasteiger partial charge in [0.15, 0.2) is 5.69 Å². The molecule has 8 nitrogen and oxygen atoms in total. The van der Waals surface area contributed by atoms with Gasteiger partial charge in [0, 0.05) is 25.2 Å². The molecule has 1 aromatic carbocycles. The molecule has 0 saturated carbocycles. The predicted octanol–water partition coefficient (Wildman–Crippen LogP) is 2.75. The number of hydrogen-bond acceptors (Lipinski definition) is 5. The van der Waals surface area contributed by atoms with Crippen molar-refractivity contribution in [2.24, 2.45) is 0 Å². The maximum Gasteiger partial charge on any atom is 0.276 e. The first-order chi connectivity index (χ1) is 11.5. The molecule has 0 atom stereocenters. The average Bonchev–Trinajstić information content (AvgIpc) is 2.95. The molecule has 0 aliphatic heterocycles. The number of rotatable bonds is 7. The summed E-state index contributed by atoms with van der Waals surface area (Å²) in [5.41, 5.74) is 1.32. The highest BCUT2D eigenvalue weighted by atomic mass is 16.6. The molecule has 1 aromatic heterocycles. The van der Waals surface area contributed by atoms with Crippen LogP contribution in [0.4, 0.5) is 5.69 Å². The number of amides is 1. The molecular formula is C16H21N5O3. The molecule has 0 fully saturated rings. The monoisotopic (exact) mass is 331 g/mol. The van der Waals surface area contributed by atoms with Gasteiger partial charge < -0.3 is 4.90 Å². The van der Waals surface area contributed by atoms with Crippen LogP contribution in [-0.2, 0) is 0 Å². The fourth-order valence-corrected chi connectivity index (χ4v) is 2.51. The van der Waals surface area contributed by atoms with Crippen molar-refractivity contribution >= 4 is 11.6 Å². The number of carbonyl (C=O) groups excluding carboxylic acids is 1. The van der Waals surface area contributed by atoms with E-state index < -0.39 is 4.92 Å². The second kappa shape index (κ2) is 7.67. The Kier molecular flexibility index (Phi) is 5.62. The summed E-state index contributed by atoms with van der Waals surface area (Å²) >= 11 is 0. The Morgan fingerprint density at radius 1 is 1.29 bits per heavy atom. The van der Waals surface area contributed by atoms with Crippen molar-refractivity contribution < 1.29 is 9.72 Å². The Hall–Kier alpha value is -2.77. The topological polar surface area (TPSA) is 94.2 Å². The van der Waals surface area contributed by atoms with Crippen molar-refractivity contribution in [1.29, 1.82) is 0 Å². The smallest absolute Gasteiger partial charge is 0.276 e. The number of carbonyl (C=O) groups is 1. The normalized spacial score (nSPS) is 10.6. The van der Waals surface area contributed by atoms with Crippen LogP contribution in [-0.4, -0.2) is 43.8 Å². The van der Waals surface area contributed by atoms with Gasteiger partial charge in [-0.3, -0.25) is 14.9 Å². The van der Waals surface area contributed by atoms with E-state index in [2.05, 4.69) is 10.3 Å². The zero-order valence-corrected chi connectivity index (χ0v) is 14.1. The molecule has 1 amide bonds. The molecular weight excluding hydrogens is 310 g/mol. The number of aromatic nitrogens is 3. The number of nitro groups is 1. The maximum absolute atomic E-state index is 12.7. The second-order valence-corrected chi connectivity index (χ2v) is 5.50. The number of non-ortho nitro benzene ring substituents is 1. The highest BCUT2D eigenvalue weighted by Gasteiger charge is 2.22. The summed E-state index contributed by atoms with van der Waals surface area (Å²) < 4.78 is 1.45. The molecule has 0 bridgehead atoms. The molecule has 0 radical (unpaired) electrons. The lowest BCUT2D eigenvalue weighted by molar-refractivity contribution is -0.384. The van der Waals surface area contributed by atoms with E-state index in [1.807, 2.05) is 13.8 Å². The van der Waals surface area contributed by atoms with E-state index >= 15 is 0 Å². The number of benzene rings is 1. The average molecular weight is 331 g/mol. The lowest BCUT2D eigenvalue weighted by Crippen LogP contribution is -2.33. The summed E-state index contributed by atoms with van der Waals surface area (Å²) in [5.74, 6) is -0.159. The molecule has 24 heavy (non-hydrogen) atoms. The van der Waals surface area contributed by atoms with E-state index in [4.69, 9.17) is 0 Å². The van der Waals surface area contributed by atoms with Gasteiger partial charge in [0.2, 0.25) is 0 Å². The minimum absolute atomic E-state index is 0.0335. The summed E-state index contributed by atoms with van der Waals surface area (Å²) in [4.78, 5) is 24.9. The zero-order valence-electron chi connectivity index (χ0n) is 14.1. The third-order valence-corrected chi connectivity index (χ3v) is 3.66. The van der Waals surface area contributed by atoms with Crippen LogP contribution in [0.3, 0.4) is 0 Å². The van der Waals surface area contributed by atoms with Crippen molar-refractivity contribution in [2.45, 2.75) is 33.6 Å². The van der Waals surface area contributed by atoms with Crippen molar-refractivity contribution in [2.75, 3.05) is 13.1 Å². The van der Waals surface area contributed by atoms with Gasteiger partial charge in [-0.15, -0.1) is 5.10 Å². The summed E-state index contributed by atoms with van der Waals surface area (Å²) in [6.07, 6.45) is 1.73. The number of hydrogen-bond donors (Lipinski definition) is 0. The third-order valence-electron chi connectivity index (χ3n) is 3.66. The van der Waals surface area contributed by atoms with E-state index in [-0.39, 0.29) is 17.3 Å². The van der Waals surface area contributed by atoms with Crippen LogP contribution < -0.4 is 0 Å². The molecule has 1 heterocycles. The number of nitro benzene ring substituents is 1. The maximum atomic E-state index is 12.7.